The Morgan fingerprint density at radius 3 is 1.58 bits per heavy atom. The Kier molecular flexibility index (Phi) is 6.53. The summed E-state index contributed by atoms with van der Waals surface area (Å²) in [7, 11) is 0. The van der Waals surface area contributed by atoms with Crippen LogP contribution < -0.4 is 16.2 Å². The molecule has 1 saturated carbocycles. The lowest BCUT2D eigenvalue weighted by molar-refractivity contribution is 0.385. The fourth-order valence-corrected chi connectivity index (χ4v) is 3.00. The highest BCUT2D eigenvalue weighted by atomic mass is 16.5. The van der Waals surface area contributed by atoms with Crippen molar-refractivity contribution in [3.05, 3.63) is 47.5 Å². The largest absolute Gasteiger partial charge is 0.457 e. The van der Waals surface area contributed by atoms with E-state index >= 15 is 0 Å². The minimum Gasteiger partial charge on any atom is -0.457 e. The molecule has 0 aromatic heterocycles. The Balaban J connectivity index is 0.000000249. The summed E-state index contributed by atoms with van der Waals surface area (Å²) in [5, 5.41) is 0. The predicted molar refractivity (Wildman–Crippen MR) is 104 cm³/mol. The Labute approximate surface area is 146 Å². The number of hydrogen-bond acceptors (Lipinski definition) is 3. The summed E-state index contributed by atoms with van der Waals surface area (Å²) in [4.78, 5) is 0. The van der Waals surface area contributed by atoms with Crippen molar-refractivity contribution in [1.29, 1.82) is 0 Å². The molecule has 3 nitrogen and oxygen atoms in total. The molecule has 3 rings (SSSR count). The lowest BCUT2D eigenvalue weighted by atomic mass is 9.91. The van der Waals surface area contributed by atoms with Crippen LogP contribution in [0.25, 0.3) is 0 Å². The molecule has 0 unspecified atom stereocenters. The number of anilines is 2. The molecule has 0 bridgehead atoms. The zero-order valence-corrected chi connectivity index (χ0v) is 15.1. The van der Waals surface area contributed by atoms with Gasteiger partial charge in [0, 0.05) is 11.4 Å². The van der Waals surface area contributed by atoms with Crippen molar-refractivity contribution in [3.8, 4) is 11.5 Å². The van der Waals surface area contributed by atoms with E-state index in [2.05, 4.69) is 6.92 Å². The molecule has 0 radical (unpaired) electrons. The molecule has 0 atom stereocenters. The molecule has 0 amide bonds. The molecular weight excluding hydrogens is 296 g/mol. The van der Waals surface area contributed by atoms with E-state index in [1.165, 1.54) is 32.1 Å². The Morgan fingerprint density at radius 2 is 1.25 bits per heavy atom. The summed E-state index contributed by atoms with van der Waals surface area (Å²) < 4.78 is 5.84. The number of hydrogen-bond donors (Lipinski definition) is 2. The fraction of sp³-hybridized carbons (Fsp3) is 0.429. The van der Waals surface area contributed by atoms with Gasteiger partial charge in [0.1, 0.15) is 11.5 Å². The highest BCUT2D eigenvalue weighted by Crippen LogP contribution is 2.29. The van der Waals surface area contributed by atoms with Crippen LogP contribution in [-0.2, 0) is 0 Å². The minimum atomic E-state index is 0.740. The number of aryl methyl sites for hydroxylation is 2. The van der Waals surface area contributed by atoms with E-state index in [1.54, 1.807) is 0 Å². The molecule has 0 heterocycles. The van der Waals surface area contributed by atoms with Crippen molar-refractivity contribution in [3.63, 3.8) is 0 Å². The van der Waals surface area contributed by atoms with Gasteiger partial charge in [0.2, 0.25) is 0 Å². The Hall–Kier alpha value is -2.16. The van der Waals surface area contributed by atoms with Crippen LogP contribution in [0.4, 0.5) is 11.4 Å². The van der Waals surface area contributed by atoms with Crippen LogP contribution in [0.5, 0.6) is 11.5 Å². The summed E-state index contributed by atoms with van der Waals surface area (Å²) >= 11 is 0. The van der Waals surface area contributed by atoms with Crippen LogP contribution in [-0.4, -0.2) is 0 Å². The van der Waals surface area contributed by atoms with Crippen LogP contribution in [0.3, 0.4) is 0 Å². The van der Waals surface area contributed by atoms with Gasteiger partial charge in [0.05, 0.1) is 0 Å². The van der Waals surface area contributed by atoms with Gasteiger partial charge in [0.15, 0.2) is 0 Å². The molecule has 3 heteroatoms. The molecule has 0 spiro atoms. The van der Waals surface area contributed by atoms with Crippen molar-refractivity contribution >= 4 is 11.4 Å². The van der Waals surface area contributed by atoms with E-state index in [9.17, 15) is 0 Å². The first-order chi connectivity index (χ1) is 11.5. The van der Waals surface area contributed by atoms with Crippen LogP contribution in [0, 0.1) is 19.8 Å². The van der Waals surface area contributed by atoms with Crippen LogP contribution in [0.1, 0.15) is 50.2 Å². The molecule has 24 heavy (non-hydrogen) atoms. The molecule has 4 N–H and O–H groups in total. The number of nitrogen functional groups attached to an aromatic ring is 2. The Bertz CT molecular complexity index is 611. The van der Waals surface area contributed by atoms with Crippen molar-refractivity contribution in [1.82, 2.24) is 0 Å². The van der Waals surface area contributed by atoms with E-state index < -0.39 is 0 Å². The molecule has 130 valence electrons. The highest BCUT2D eigenvalue weighted by molar-refractivity contribution is 5.51. The first-order valence-electron chi connectivity index (χ1n) is 8.86. The molecular formula is C21H30N2O. The highest BCUT2D eigenvalue weighted by Gasteiger charge is 2.06. The number of ether oxygens (including phenoxy) is 1. The van der Waals surface area contributed by atoms with Crippen molar-refractivity contribution in [2.24, 2.45) is 5.92 Å². The molecule has 0 saturated heterocycles. The van der Waals surface area contributed by atoms with Gasteiger partial charge >= 0.3 is 0 Å². The first-order valence-corrected chi connectivity index (χ1v) is 8.86. The summed E-state index contributed by atoms with van der Waals surface area (Å²) in [5.41, 5.74) is 14.9. The average molecular weight is 326 g/mol. The smallest absolute Gasteiger partial charge is 0.130 e. The standard InChI is InChI=1S/C14H16N2O.C7H14/c1-9-7-11(15)3-5-13(9)17-14-6-4-12(16)8-10(14)2;1-7-5-3-2-4-6-7/h3-8H,15-16H2,1-2H3;7H,2-6H2,1H3. The van der Waals surface area contributed by atoms with Crippen LogP contribution in [0.2, 0.25) is 0 Å². The van der Waals surface area contributed by atoms with Crippen molar-refractivity contribution < 1.29 is 4.74 Å². The van der Waals surface area contributed by atoms with E-state index in [4.69, 9.17) is 16.2 Å². The molecule has 2 aromatic rings. The van der Waals surface area contributed by atoms with Crippen LogP contribution in [0.15, 0.2) is 36.4 Å². The monoisotopic (exact) mass is 326 g/mol. The van der Waals surface area contributed by atoms with Crippen LogP contribution >= 0.6 is 0 Å². The summed E-state index contributed by atoms with van der Waals surface area (Å²) in [5.74, 6) is 2.66. The second kappa shape index (κ2) is 8.62. The lowest BCUT2D eigenvalue weighted by Gasteiger charge is -2.15. The lowest BCUT2D eigenvalue weighted by Crippen LogP contribution is -1.99. The molecule has 1 fully saturated rings. The third-order valence-electron chi connectivity index (χ3n) is 4.51. The first kappa shape index (κ1) is 18.2. The maximum atomic E-state index is 5.84. The minimum absolute atomic E-state index is 0.740. The van der Waals surface area contributed by atoms with E-state index in [1.807, 2.05) is 50.2 Å². The van der Waals surface area contributed by atoms with Crippen molar-refractivity contribution in [2.75, 3.05) is 11.5 Å². The number of benzene rings is 2. The second-order valence-corrected chi connectivity index (χ2v) is 6.90. The summed E-state index contributed by atoms with van der Waals surface area (Å²) in [6.45, 7) is 6.30. The normalized spacial score (nSPS) is 14.6. The molecule has 1 aliphatic carbocycles. The van der Waals surface area contributed by atoms with Gasteiger partial charge in [0.25, 0.3) is 0 Å². The van der Waals surface area contributed by atoms with Gasteiger partial charge in [-0.1, -0.05) is 39.0 Å². The molecule has 0 aliphatic heterocycles. The van der Waals surface area contributed by atoms with Gasteiger partial charge < -0.3 is 16.2 Å². The summed E-state index contributed by atoms with van der Waals surface area (Å²) in [6.07, 6.45) is 7.44. The fourth-order valence-electron chi connectivity index (χ4n) is 3.00. The molecule has 2 aromatic carbocycles. The summed E-state index contributed by atoms with van der Waals surface area (Å²) in [6, 6.07) is 11.2. The topological polar surface area (TPSA) is 61.3 Å². The maximum Gasteiger partial charge on any atom is 0.130 e. The van der Waals surface area contributed by atoms with Gasteiger partial charge in [-0.05, 0) is 67.3 Å². The zero-order valence-electron chi connectivity index (χ0n) is 15.1. The molecule has 1 aliphatic rings. The zero-order chi connectivity index (χ0) is 17.5. The van der Waals surface area contributed by atoms with E-state index in [-0.39, 0.29) is 0 Å². The number of nitrogens with two attached hydrogens (primary N) is 2. The van der Waals surface area contributed by atoms with Gasteiger partial charge in [-0.3, -0.25) is 0 Å². The Morgan fingerprint density at radius 1 is 0.792 bits per heavy atom. The maximum absolute atomic E-state index is 5.84. The second-order valence-electron chi connectivity index (χ2n) is 6.90. The quantitative estimate of drug-likeness (QED) is 0.681. The van der Waals surface area contributed by atoms with E-state index in [0.717, 1.165) is 39.9 Å². The number of rotatable bonds is 2. The van der Waals surface area contributed by atoms with Gasteiger partial charge in [-0.25, -0.2) is 0 Å². The van der Waals surface area contributed by atoms with Crippen molar-refractivity contribution in [2.45, 2.75) is 52.9 Å². The SMILES string of the molecule is CC1CCCCC1.Cc1cc(N)ccc1Oc1ccc(N)cc1C. The third-order valence-corrected chi connectivity index (χ3v) is 4.51. The van der Waals surface area contributed by atoms with E-state index in [0.29, 0.717) is 0 Å². The predicted octanol–water partition coefficient (Wildman–Crippen LogP) is 5.85. The third kappa shape index (κ3) is 5.48. The van der Waals surface area contributed by atoms with Gasteiger partial charge in [-0.2, -0.15) is 0 Å². The average Bonchev–Trinajstić information content (AvgIpc) is 2.54. The van der Waals surface area contributed by atoms with Gasteiger partial charge in [-0.15, -0.1) is 0 Å².